The smallest absolute Gasteiger partial charge is 0.333 e. The van der Waals surface area contributed by atoms with Crippen molar-refractivity contribution in [2.24, 2.45) is 5.92 Å². The van der Waals surface area contributed by atoms with Gasteiger partial charge in [-0.05, 0) is 22.9 Å². The van der Waals surface area contributed by atoms with Gasteiger partial charge in [0.05, 0.1) is 0 Å². The zero-order valence-electron chi connectivity index (χ0n) is 7.67. The second-order valence-corrected chi connectivity index (χ2v) is 3.62. The van der Waals surface area contributed by atoms with E-state index in [1.165, 1.54) is 0 Å². The largest absolute Gasteiger partial charge is 0.449 e. The standard InChI is InChI=1S/C8H15BrO3/c1-4-11-5-7(10)12-8(9)6(2)3/h6,8H,4-5H2,1-3H3. The number of ether oxygens (including phenoxy) is 2. The van der Waals surface area contributed by atoms with Crippen LogP contribution in [-0.2, 0) is 14.3 Å². The highest BCUT2D eigenvalue weighted by Crippen LogP contribution is 2.13. The number of alkyl halides is 1. The van der Waals surface area contributed by atoms with Gasteiger partial charge in [-0.3, -0.25) is 0 Å². The summed E-state index contributed by atoms with van der Waals surface area (Å²) in [6.45, 7) is 6.33. The predicted molar refractivity (Wildman–Crippen MR) is 50.1 cm³/mol. The maximum Gasteiger partial charge on any atom is 0.333 e. The van der Waals surface area contributed by atoms with Gasteiger partial charge >= 0.3 is 5.97 Å². The van der Waals surface area contributed by atoms with Crippen LogP contribution in [0.25, 0.3) is 0 Å². The van der Waals surface area contributed by atoms with Crippen molar-refractivity contribution in [2.75, 3.05) is 13.2 Å². The molecule has 0 rings (SSSR count). The van der Waals surface area contributed by atoms with Gasteiger partial charge in [0.2, 0.25) is 0 Å². The lowest BCUT2D eigenvalue weighted by Crippen LogP contribution is -2.20. The van der Waals surface area contributed by atoms with Crippen LogP contribution in [0.3, 0.4) is 0 Å². The molecular formula is C8H15BrO3. The van der Waals surface area contributed by atoms with Gasteiger partial charge in [0.15, 0.2) is 5.01 Å². The summed E-state index contributed by atoms with van der Waals surface area (Å²) < 4.78 is 9.85. The van der Waals surface area contributed by atoms with Crippen molar-refractivity contribution in [1.29, 1.82) is 0 Å². The minimum Gasteiger partial charge on any atom is -0.449 e. The minimum atomic E-state index is -0.326. The van der Waals surface area contributed by atoms with E-state index in [2.05, 4.69) is 15.9 Å². The fraction of sp³-hybridized carbons (Fsp3) is 0.875. The molecule has 0 spiro atoms. The first kappa shape index (κ1) is 11.9. The molecule has 0 saturated carbocycles. The van der Waals surface area contributed by atoms with E-state index >= 15 is 0 Å². The molecule has 0 fully saturated rings. The monoisotopic (exact) mass is 238 g/mol. The van der Waals surface area contributed by atoms with Crippen LogP contribution in [0.15, 0.2) is 0 Å². The highest BCUT2D eigenvalue weighted by molar-refractivity contribution is 9.09. The third-order valence-corrected chi connectivity index (χ3v) is 2.44. The fourth-order valence-corrected chi connectivity index (χ4v) is 0.690. The van der Waals surface area contributed by atoms with Gasteiger partial charge < -0.3 is 9.47 Å². The van der Waals surface area contributed by atoms with Gasteiger partial charge in [-0.15, -0.1) is 0 Å². The van der Waals surface area contributed by atoms with E-state index in [9.17, 15) is 4.79 Å². The Morgan fingerprint density at radius 1 is 1.50 bits per heavy atom. The average molecular weight is 239 g/mol. The molecule has 1 atom stereocenters. The van der Waals surface area contributed by atoms with Crippen LogP contribution in [0.5, 0.6) is 0 Å². The van der Waals surface area contributed by atoms with E-state index in [-0.39, 0.29) is 23.5 Å². The van der Waals surface area contributed by atoms with Gasteiger partial charge in [-0.2, -0.15) is 0 Å². The molecular weight excluding hydrogens is 224 g/mol. The van der Waals surface area contributed by atoms with Gasteiger partial charge in [0.25, 0.3) is 0 Å². The van der Waals surface area contributed by atoms with Crippen LogP contribution in [0.2, 0.25) is 0 Å². The average Bonchev–Trinajstić information content (AvgIpc) is 2.00. The Bertz CT molecular complexity index is 136. The molecule has 0 radical (unpaired) electrons. The van der Waals surface area contributed by atoms with Crippen molar-refractivity contribution >= 4 is 21.9 Å². The van der Waals surface area contributed by atoms with Gasteiger partial charge in [-0.1, -0.05) is 13.8 Å². The molecule has 0 saturated heterocycles. The number of esters is 1. The Kier molecular flexibility index (Phi) is 6.38. The highest BCUT2D eigenvalue weighted by Gasteiger charge is 2.13. The second-order valence-electron chi connectivity index (χ2n) is 2.72. The topological polar surface area (TPSA) is 35.5 Å². The van der Waals surface area contributed by atoms with Gasteiger partial charge in [-0.25, -0.2) is 4.79 Å². The molecule has 0 aromatic heterocycles. The summed E-state index contributed by atoms with van der Waals surface area (Å²) >= 11 is 3.24. The number of halogens is 1. The quantitative estimate of drug-likeness (QED) is 0.543. The van der Waals surface area contributed by atoms with Crippen molar-refractivity contribution in [3.63, 3.8) is 0 Å². The first-order valence-corrected chi connectivity index (χ1v) is 4.90. The molecule has 0 amide bonds. The number of carbonyl (C=O) groups excluding carboxylic acids is 1. The number of hydrogen-bond donors (Lipinski definition) is 0. The summed E-state index contributed by atoms with van der Waals surface area (Å²) in [6.07, 6.45) is 0. The molecule has 0 N–H and O–H groups in total. The molecule has 72 valence electrons. The van der Waals surface area contributed by atoms with Crippen molar-refractivity contribution in [3.8, 4) is 0 Å². The SMILES string of the molecule is CCOCC(=O)OC(Br)C(C)C. The zero-order chi connectivity index (χ0) is 9.56. The maximum atomic E-state index is 10.9. The lowest BCUT2D eigenvalue weighted by atomic mass is 10.2. The van der Waals surface area contributed by atoms with E-state index in [0.29, 0.717) is 6.61 Å². The van der Waals surface area contributed by atoms with Crippen molar-refractivity contribution in [3.05, 3.63) is 0 Å². The van der Waals surface area contributed by atoms with Crippen LogP contribution in [0.1, 0.15) is 20.8 Å². The van der Waals surface area contributed by atoms with Crippen LogP contribution >= 0.6 is 15.9 Å². The number of carbonyl (C=O) groups is 1. The molecule has 0 aliphatic carbocycles. The minimum absolute atomic E-state index is 0.0331. The fourth-order valence-electron chi connectivity index (χ4n) is 0.481. The summed E-state index contributed by atoms with van der Waals surface area (Å²) in [5, 5.41) is -0.217. The summed E-state index contributed by atoms with van der Waals surface area (Å²) in [4.78, 5) is 10.9. The van der Waals surface area contributed by atoms with E-state index < -0.39 is 0 Å². The molecule has 0 aliphatic heterocycles. The van der Waals surface area contributed by atoms with E-state index in [1.807, 2.05) is 20.8 Å². The molecule has 0 aromatic carbocycles. The summed E-state index contributed by atoms with van der Waals surface area (Å²) in [7, 11) is 0. The molecule has 0 aromatic rings. The van der Waals surface area contributed by atoms with Crippen LogP contribution in [0.4, 0.5) is 0 Å². The summed E-state index contributed by atoms with van der Waals surface area (Å²) in [6, 6.07) is 0. The van der Waals surface area contributed by atoms with Gasteiger partial charge in [0.1, 0.15) is 6.61 Å². The first-order chi connectivity index (χ1) is 5.57. The van der Waals surface area contributed by atoms with E-state index in [4.69, 9.17) is 9.47 Å². The van der Waals surface area contributed by atoms with Crippen LogP contribution < -0.4 is 0 Å². The Hall–Kier alpha value is -0.0900. The van der Waals surface area contributed by atoms with Crippen LogP contribution in [0, 0.1) is 5.92 Å². The predicted octanol–water partition coefficient (Wildman–Crippen LogP) is 1.94. The molecule has 0 bridgehead atoms. The zero-order valence-corrected chi connectivity index (χ0v) is 9.26. The highest BCUT2D eigenvalue weighted by atomic mass is 79.9. The maximum absolute atomic E-state index is 10.9. The Balaban J connectivity index is 3.54. The first-order valence-electron chi connectivity index (χ1n) is 3.99. The molecule has 0 aliphatic rings. The van der Waals surface area contributed by atoms with Crippen LogP contribution in [-0.4, -0.2) is 24.2 Å². The second kappa shape index (κ2) is 6.43. The normalized spacial score (nSPS) is 13.1. The number of rotatable bonds is 5. The van der Waals surface area contributed by atoms with E-state index in [1.54, 1.807) is 0 Å². The lowest BCUT2D eigenvalue weighted by molar-refractivity contribution is -0.151. The Labute approximate surface area is 81.6 Å². The molecule has 1 unspecified atom stereocenters. The van der Waals surface area contributed by atoms with E-state index in [0.717, 1.165) is 0 Å². The molecule has 4 heteroatoms. The Morgan fingerprint density at radius 2 is 2.08 bits per heavy atom. The molecule has 0 heterocycles. The number of hydrogen-bond acceptors (Lipinski definition) is 3. The van der Waals surface area contributed by atoms with Crippen molar-refractivity contribution < 1.29 is 14.3 Å². The molecule has 12 heavy (non-hydrogen) atoms. The third-order valence-electron chi connectivity index (χ3n) is 1.19. The lowest BCUT2D eigenvalue weighted by Gasteiger charge is -2.14. The molecule has 3 nitrogen and oxygen atoms in total. The summed E-state index contributed by atoms with van der Waals surface area (Å²) in [5.41, 5.74) is 0. The van der Waals surface area contributed by atoms with Gasteiger partial charge in [0, 0.05) is 12.5 Å². The summed E-state index contributed by atoms with van der Waals surface area (Å²) in [5.74, 6) is -0.0528. The third kappa shape index (κ3) is 5.55. The van der Waals surface area contributed by atoms with Crippen molar-refractivity contribution in [1.82, 2.24) is 0 Å². The Morgan fingerprint density at radius 3 is 2.50 bits per heavy atom. The van der Waals surface area contributed by atoms with Crippen molar-refractivity contribution in [2.45, 2.75) is 25.8 Å².